The van der Waals surface area contributed by atoms with E-state index in [4.69, 9.17) is 4.74 Å². The highest BCUT2D eigenvalue weighted by Crippen LogP contribution is 2.22. The maximum Gasteiger partial charge on any atom is 0.332 e. The van der Waals surface area contributed by atoms with Crippen LogP contribution in [0.4, 0.5) is 5.82 Å². The van der Waals surface area contributed by atoms with Gasteiger partial charge < -0.3 is 15.0 Å². The second kappa shape index (κ2) is 8.14. The molecule has 1 N–H and O–H groups in total. The van der Waals surface area contributed by atoms with Gasteiger partial charge in [-0.2, -0.15) is 0 Å². The highest BCUT2D eigenvalue weighted by molar-refractivity contribution is 5.78. The monoisotopic (exact) mass is 338 g/mol. The van der Waals surface area contributed by atoms with Crippen LogP contribution >= 0.6 is 0 Å². The zero-order valence-electron chi connectivity index (χ0n) is 14.6. The molecule has 1 aliphatic rings. The molecule has 2 heterocycles. The van der Waals surface area contributed by atoms with Crippen LogP contribution in [0.15, 0.2) is 15.7 Å². The van der Waals surface area contributed by atoms with Gasteiger partial charge >= 0.3 is 5.69 Å². The topological polar surface area (TPSA) is 85.6 Å². The molecule has 1 saturated heterocycles. The first-order valence-electron chi connectivity index (χ1n) is 8.32. The molecule has 24 heavy (non-hydrogen) atoms. The van der Waals surface area contributed by atoms with Gasteiger partial charge in [0.15, 0.2) is 0 Å². The summed E-state index contributed by atoms with van der Waals surface area (Å²) in [6, 6.07) is 1.50. The Morgan fingerprint density at radius 3 is 2.58 bits per heavy atom. The second-order valence-corrected chi connectivity index (χ2v) is 5.97. The Morgan fingerprint density at radius 2 is 2.00 bits per heavy atom. The van der Waals surface area contributed by atoms with Crippen LogP contribution in [0.5, 0.6) is 0 Å². The number of nitrogens with zero attached hydrogens (tertiary/aromatic N) is 3. The third kappa shape index (κ3) is 3.87. The first kappa shape index (κ1) is 18.3. The van der Waals surface area contributed by atoms with Crippen molar-refractivity contribution in [2.45, 2.75) is 26.3 Å². The summed E-state index contributed by atoms with van der Waals surface area (Å²) in [6.45, 7) is 4.69. The van der Waals surface area contributed by atoms with Gasteiger partial charge in [0, 0.05) is 52.3 Å². The summed E-state index contributed by atoms with van der Waals surface area (Å²) in [5.74, 6) is 0.652. The summed E-state index contributed by atoms with van der Waals surface area (Å²) < 4.78 is 7.64. The minimum Gasteiger partial charge on any atom is -0.383 e. The van der Waals surface area contributed by atoms with Crippen LogP contribution in [0, 0.1) is 5.92 Å². The molecule has 0 aromatic carbocycles. The van der Waals surface area contributed by atoms with E-state index in [-0.39, 0.29) is 23.1 Å². The summed E-state index contributed by atoms with van der Waals surface area (Å²) in [4.78, 5) is 38.3. The third-order valence-electron chi connectivity index (χ3n) is 4.49. The predicted molar refractivity (Wildman–Crippen MR) is 91.4 cm³/mol. The molecule has 0 radical (unpaired) electrons. The van der Waals surface area contributed by atoms with E-state index in [1.807, 2.05) is 11.8 Å². The molecule has 8 nitrogen and oxygen atoms in total. The van der Waals surface area contributed by atoms with Crippen LogP contribution in [0.25, 0.3) is 0 Å². The number of anilines is 1. The van der Waals surface area contributed by atoms with Crippen LogP contribution in [0.1, 0.15) is 19.8 Å². The third-order valence-corrected chi connectivity index (χ3v) is 4.49. The van der Waals surface area contributed by atoms with E-state index in [2.05, 4.69) is 5.32 Å². The number of aromatic nitrogens is 2. The Bertz CT molecular complexity index is 686. The van der Waals surface area contributed by atoms with Crippen LogP contribution in [0.2, 0.25) is 0 Å². The Morgan fingerprint density at radius 1 is 1.33 bits per heavy atom. The fraction of sp³-hybridized carbons (Fsp3) is 0.688. The molecule has 1 aromatic rings. The minimum absolute atomic E-state index is 0.0357. The van der Waals surface area contributed by atoms with Crippen LogP contribution in [-0.2, 0) is 23.1 Å². The smallest absolute Gasteiger partial charge is 0.332 e. The number of hydrogen-bond acceptors (Lipinski definition) is 5. The van der Waals surface area contributed by atoms with E-state index in [0.29, 0.717) is 51.4 Å². The predicted octanol–water partition coefficient (Wildman–Crippen LogP) is -0.454. The maximum atomic E-state index is 12.2. The van der Waals surface area contributed by atoms with Gasteiger partial charge in [0.1, 0.15) is 5.82 Å². The lowest BCUT2D eigenvalue weighted by atomic mass is 9.96. The zero-order valence-corrected chi connectivity index (χ0v) is 14.6. The van der Waals surface area contributed by atoms with E-state index in [1.165, 1.54) is 13.1 Å². The largest absolute Gasteiger partial charge is 0.383 e. The number of hydrogen-bond donors (Lipinski definition) is 1. The fourth-order valence-corrected chi connectivity index (χ4v) is 3.01. The van der Waals surface area contributed by atoms with Gasteiger partial charge in [-0.25, -0.2) is 4.79 Å². The lowest BCUT2D eigenvalue weighted by molar-refractivity contribution is -0.125. The van der Waals surface area contributed by atoms with Crippen molar-refractivity contribution in [3.63, 3.8) is 0 Å². The molecule has 2 rings (SSSR count). The van der Waals surface area contributed by atoms with Crippen molar-refractivity contribution in [3.05, 3.63) is 26.9 Å². The molecule has 0 atom stereocenters. The molecule has 1 amide bonds. The van der Waals surface area contributed by atoms with E-state index in [0.717, 1.165) is 4.57 Å². The SMILES string of the molecule is CCn1c(N2CCC(C(=O)NCCOC)CC2)cc(=O)n(C)c1=O. The van der Waals surface area contributed by atoms with Gasteiger partial charge in [0.05, 0.1) is 6.61 Å². The first-order valence-corrected chi connectivity index (χ1v) is 8.32. The molecule has 1 fully saturated rings. The summed E-state index contributed by atoms with van der Waals surface area (Å²) in [6.07, 6.45) is 1.40. The van der Waals surface area contributed by atoms with Crippen molar-refractivity contribution in [1.29, 1.82) is 0 Å². The molecular formula is C16H26N4O4. The Hall–Kier alpha value is -2.09. The standard InChI is InChI=1S/C16H26N4O4/c1-4-20-13(11-14(21)18(2)16(20)23)19-8-5-12(6-9-19)15(22)17-7-10-24-3/h11-12H,4-10H2,1-3H3,(H,17,22). The number of nitrogens with one attached hydrogen (secondary N) is 1. The van der Waals surface area contributed by atoms with Crippen molar-refractivity contribution in [1.82, 2.24) is 14.5 Å². The summed E-state index contributed by atoms with van der Waals surface area (Å²) in [7, 11) is 3.08. The van der Waals surface area contributed by atoms with Crippen LogP contribution in [-0.4, -0.2) is 48.4 Å². The maximum absolute atomic E-state index is 12.2. The number of methoxy groups -OCH3 is 1. The molecule has 134 valence electrons. The van der Waals surface area contributed by atoms with E-state index in [9.17, 15) is 14.4 Å². The van der Waals surface area contributed by atoms with Gasteiger partial charge in [0.25, 0.3) is 5.56 Å². The molecule has 1 aromatic heterocycles. The summed E-state index contributed by atoms with van der Waals surface area (Å²) in [5.41, 5.74) is -0.612. The Balaban J connectivity index is 2.06. The average Bonchev–Trinajstić information content (AvgIpc) is 2.59. The van der Waals surface area contributed by atoms with Gasteiger partial charge in [0.2, 0.25) is 5.91 Å². The van der Waals surface area contributed by atoms with Crippen molar-refractivity contribution in [2.75, 3.05) is 38.3 Å². The number of amides is 1. The average molecular weight is 338 g/mol. The molecule has 0 unspecified atom stereocenters. The molecule has 1 aliphatic heterocycles. The van der Waals surface area contributed by atoms with Gasteiger partial charge in [-0.3, -0.25) is 18.7 Å². The van der Waals surface area contributed by atoms with Gasteiger partial charge in [-0.05, 0) is 19.8 Å². The van der Waals surface area contributed by atoms with E-state index in [1.54, 1.807) is 11.7 Å². The van der Waals surface area contributed by atoms with Gasteiger partial charge in [-0.1, -0.05) is 0 Å². The molecule has 0 bridgehead atoms. The van der Waals surface area contributed by atoms with Crippen molar-refractivity contribution < 1.29 is 9.53 Å². The second-order valence-electron chi connectivity index (χ2n) is 5.97. The summed E-state index contributed by atoms with van der Waals surface area (Å²) in [5, 5.41) is 2.87. The molecule has 0 saturated carbocycles. The lowest BCUT2D eigenvalue weighted by Gasteiger charge is -2.34. The number of rotatable bonds is 6. The van der Waals surface area contributed by atoms with E-state index < -0.39 is 0 Å². The highest BCUT2D eigenvalue weighted by atomic mass is 16.5. The quantitative estimate of drug-likeness (QED) is 0.710. The number of carbonyl (C=O) groups excluding carboxylic acids is 1. The van der Waals surface area contributed by atoms with Crippen LogP contribution < -0.4 is 21.5 Å². The molecule has 0 spiro atoms. The molecule has 8 heteroatoms. The van der Waals surface area contributed by atoms with Crippen LogP contribution in [0.3, 0.4) is 0 Å². The van der Waals surface area contributed by atoms with Gasteiger partial charge in [-0.15, -0.1) is 0 Å². The number of carbonyl (C=O) groups is 1. The Labute approximate surface area is 141 Å². The normalized spacial score (nSPS) is 15.5. The fourth-order valence-electron chi connectivity index (χ4n) is 3.01. The zero-order chi connectivity index (χ0) is 17.7. The van der Waals surface area contributed by atoms with E-state index >= 15 is 0 Å². The van der Waals surface area contributed by atoms with Crippen molar-refractivity contribution in [3.8, 4) is 0 Å². The van der Waals surface area contributed by atoms with Crippen molar-refractivity contribution >= 4 is 11.7 Å². The number of ether oxygens (including phenoxy) is 1. The first-order chi connectivity index (χ1) is 11.5. The Kier molecular flexibility index (Phi) is 6.19. The van der Waals surface area contributed by atoms with Crippen molar-refractivity contribution in [2.24, 2.45) is 13.0 Å². The number of piperidine rings is 1. The lowest BCUT2D eigenvalue weighted by Crippen LogP contribution is -2.45. The minimum atomic E-state index is -0.306. The molecular weight excluding hydrogens is 312 g/mol. The summed E-state index contributed by atoms with van der Waals surface area (Å²) >= 11 is 0. The molecule has 0 aliphatic carbocycles. The highest BCUT2D eigenvalue weighted by Gasteiger charge is 2.26.